The van der Waals surface area contributed by atoms with Crippen LogP contribution in [0.1, 0.15) is 34.6 Å². The standard InChI is InChI=1S/C19H20ClFN6OS/c20-17-6-5-16(29-17)19(28)23-9-12-10-27(25-24-12)15-4-3-14(22)13(18(15)21)11-26-7-1-2-8-26/h4-6,10,22H,1-3,7-9,11H2,(H,23,28). The van der Waals surface area contributed by atoms with Gasteiger partial charge in [-0.15, -0.1) is 16.4 Å². The lowest BCUT2D eigenvalue weighted by Crippen LogP contribution is -2.27. The maximum absolute atomic E-state index is 15.1. The van der Waals surface area contributed by atoms with Crippen LogP contribution in [0.15, 0.2) is 35.8 Å². The number of thiophene rings is 1. The molecule has 1 fully saturated rings. The Balaban J connectivity index is 1.44. The van der Waals surface area contributed by atoms with E-state index in [0.29, 0.717) is 44.9 Å². The Labute approximate surface area is 176 Å². The van der Waals surface area contributed by atoms with Crippen molar-refractivity contribution in [3.05, 3.63) is 50.7 Å². The summed E-state index contributed by atoms with van der Waals surface area (Å²) in [4.78, 5) is 14.8. The van der Waals surface area contributed by atoms with Crippen LogP contribution < -0.4 is 5.32 Å². The van der Waals surface area contributed by atoms with Crippen LogP contribution in [-0.2, 0) is 6.54 Å². The third-order valence-corrected chi connectivity index (χ3v) is 6.18. The lowest BCUT2D eigenvalue weighted by atomic mass is 9.99. The minimum Gasteiger partial charge on any atom is -0.346 e. The fraction of sp³-hybridized carbons (Fsp3) is 0.368. The zero-order valence-electron chi connectivity index (χ0n) is 15.6. The second kappa shape index (κ2) is 8.56. The molecule has 2 aliphatic rings. The van der Waals surface area contributed by atoms with E-state index in [4.69, 9.17) is 17.0 Å². The minimum absolute atomic E-state index is 0.170. The number of carbonyl (C=O) groups excluding carboxylic acids is 1. The predicted molar refractivity (Wildman–Crippen MR) is 111 cm³/mol. The lowest BCUT2D eigenvalue weighted by Gasteiger charge is -2.22. The molecule has 7 nitrogen and oxygen atoms in total. The monoisotopic (exact) mass is 434 g/mol. The molecule has 2 N–H and O–H groups in total. The number of hydrogen-bond acceptors (Lipinski definition) is 6. The van der Waals surface area contributed by atoms with Crippen LogP contribution in [0.2, 0.25) is 4.34 Å². The Morgan fingerprint density at radius 2 is 2.14 bits per heavy atom. The summed E-state index contributed by atoms with van der Waals surface area (Å²) in [5, 5.41) is 18.9. The minimum atomic E-state index is -0.429. The summed E-state index contributed by atoms with van der Waals surface area (Å²) < 4.78 is 17.0. The van der Waals surface area contributed by atoms with Gasteiger partial charge in [-0.3, -0.25) is 9.69 Å². The van der Waals surface area contributed by atoms with Gasteiger partial charge in [0.25, 0.3) is 5.91 Å². The van der Waals surface area contributed by atoms with Crippen molar-refractivity contribution in [3.8, 4) is 0 Å². The van der Waals surface area contributed by atoms with Crippen LogP contribution in [-0.4, -0.2) is 51.1 Å². The van der Waals surface area contributed by atoms with Gasteiger partial charge in [-0.2, -0.15) is 0 Å². The molecule has 1 aliphatic carbocycles. The van der Waals surface area contributed by atoms with Crippen molar-refractivity contribution in [2.45, 2.75) is 25.8 Å². The maximum Gasteiger partial charge on any atom is 0.261 e. The number of hydrogen-bond donors (Lipinski definition) is 2. The highest BCUT2D eigenvalue weighted by molar-refractivity contribution is 7.17. The molecular formula is C19H20ClFN6OS. The molecule has 0 saturated carbocycles. The van der Waals surface area contributed by atoms with Crippen molar-refractivity contribution in [2.24, 2.45) is 0 Å². The van der Waals surface area contributed by atoms with Gasteiger partial charge in [-0.05, 0) is 44.1 Å². The average Bonchev–Trinajstić information content (AvgIpc) is 3.45. The number of likely N-dealkylation sites (tertiary alicyclic amines) is 1. The second-order valence-corrected chi connectivity index (χ2v) is 8.70. The van der Waals surface area contributed by atoms with E-state index in [-0.39, 0.29) is 12.5 Å². The number of amides is 1. The third kappa shape index (κ3) is 4.47. The Kier molecular flexibility index (Phi) is 5.89. The predicted octanol–water partition coefficient (Wildman–Crippen LogP) is 3.51. The van der Waals surface area contributed by atoms with Crippen molar-refractivity contribution in [3.63, 3.8) is 0 Å². The van der Waals surface area contributed by atoms with Crippen molar-refractivity contribution in [2.75, 3.05) is 19.6 Å². The molecule has 29 heavy (non-hydrogen) atoms. The van der Waals surface area contributed by atoms with E-state index < -0.39 is 5.83 Å². The zero-order chi connectivity index (χ0) is 20.4. The van der Waals surface area contributed by atoms with E-state index in [0.717, 1.165) is 25.9 Å². The summed E-state index contributed by atoms with van der Waals surface area (Å²) in [5.74, 6) is -0.678. The highest BCUT2D eigenvalue weighted by atomic mass is 35.5. The van der Waals surface area contributed by atoms with Crippen LogP contribution in [0.5, 0.6) is 0 Å². The van der Waals surface area contributed by atoms with Gasteiger partial charge in [0.15, 0.2) is 5.83 Å². The largest absolute Gasteiger partial charge is 0.346 e. The summed E-state index contributed by atoms with van der Waals surface area (Å²) in [6.07, 6.45) is 5.82. The molecule has 152 valence electrons. The number of aromatic nitrogens is 3. The van der Waals surface area contributed by atoms with Gasteiger partial charge in [0.05, 0.1) is 27.7 Å². The molecule has 0 atom stereocenters. The second-order valence-electron chi connectivity index (χ2n) is 6.99. The van der Waals surface area contributed by atoms with Gasteiger partial charge in [0.2, 0.25) is 0 Å². The summed E-state index contributed by atoms with van der Waals surface area (Å²) in [6.45, 7) is 2.49. The fourth-order valence-electron chi connectivity index (χ4n) is 3.41. The Bertz CT molecular complexity index is 1000. The van der Waals surface area contributed by atoms with E-state index in [1.807, 2.05) is 0 Å². The summed E-state index contributed by atoms with van der Waals surface area (Å²) in [5.41, 5.74) is 1.53. The van der Waals surface area contributed by atoms with Crippen molar-refractivity contribution in [1.29, 1.82) is 5.41 Å². The number of nitrogens with one attached hydrogen (secondary N) is 2. The highest BCUT2D eigenvalue weighted by Crippen LogP contribution is 2.29. The van der Waals surface area contributed by atoms with Gasteiger partial charge < -0.3 is 10.7 Å². The molecule has 0 bridgehead atoms. The van der Waals surface area contributed by atoms with Crippen LogP contribution in [0, 0.1) is 5.41 Å². The van der Waals surface area contributed by atoms with Crippen molar-refractivity contribution < 1.29 is 9.18 Å². The van der Waals surface area contributed by atoms with Crippen LogP contribution in [0.3, 0.4) is 0 Å². The summed E-state index contributed by atoms with van der Waals surface area (Å²) in [6, 6.07) is 3.32. The molecule has 1 aliphatic heterocycles. The van der Waals surface area contributed by atoms with Gasteiger partial charge in [0.1, 0.15) is 5.69 Å². The lowest BCUT2D eigenvalue weighted by molar-refractivity contribution is 0.0954. The van der Waals surface area contributed by atoms with Crippen LogP contribution in [0.25, 0.3) is 5.70 Å². The molecule has 0 aromatic carbocycles. The van der Waals surface area contributed by atoms with E-state index >= 15 is 4.39 Å². The zero-order valence-corrected chi connectivity index (χ0v) is 17.2. The highest BCUT2D eigenvalue weighted by Gasteiger charge is 2.25. The number of nitrogens with zero attached hydrogens (tertiary/aromatic N) is 4. The fourth-order valence-corrected chi connectivity index (χ4v) is 4.37. The Hall–Kier alpha value is -2.36. The number of rotatable bonds is 6. The first kappa shape index (κ1) is 19.9. The molecular weight excluding hydrogens is 415 g/mol. The van der Waals surface area contributed by atoms with Gasteiger partial charge >= 0.3 is 0 Å². The van der Waals surface area contributed by atoms with Crippen LogP contribution >= 0.6 is 22.9 Å². The molecule has 4 rings (SSSR count). The third-order valence-electron chi connectivity index (χ3n) is 4.95. The molecule has 3 heterocycles. The maximum atomic E-state index is 15.1. The summed E-state index contributed by atoms with van der Waals surface area (Å²) >= 11 is 7.04. The van der Waals surface area contributed by atoms with E-state index in [9.17, 15) is 4.79 Å². The topological polar surface area (TPSA) is 86.9 Å². The first-order valence-corrected chi connectivity index (χ1v) is 10.5. The summed E-state index contributed by atoms with van der Waals surface area (Å²) in [7, 11) is 0. The molecule has 0 radical (unpaired) electrons. The van der Waals surface area contributed by atoms with E-state index in [2.05, 4.69) is 20.5 Å². The SMILES string of the molecule is N=C1CC=C(n2cc(CNC(=O)c3ccc(Cl)s3)nn2)C(F)=C1CN1CCCC1. The van der Waals surface area contributed by atoms with Crippen molar-refractivity contribution >= 4 is 40.3 Å². The first-order chi connectivity index (χ1) is 14.0. The molecule has 0 unspecified atom stereocenters. The van der Waals surface area contributed by atoms with Crippen LogP contribution in [0.4, 0.5) is 4.39 Å². The van der Waals surface area contributed by atoms with Gasteiger partial charge in [-0.1, -0.05) is 16.8 Å². The number of allylic oxidation sites excluding steroid dienone is 3. The van der Waals surface area contributed by atoms with Crippen molar-refractivity contribution in [1.82, 2.24) is 25.2 Å². The first-order valence-electron chi connectivity index (χ1n) is 9.35. The molecule has 1 saturated heterocycles. The average molecular weight is 435 g/mol. The van der Waals surface area contributed by atoms with Gasteiger partial charge in [0, 0.05) is 24.3 Å². The Morgan fingerprint density at radius 3 is 2.86 bits per heavy atom. The number of carbonyl (C=O) groups is 1. The smallest absolute Gasteiger partial charge is 0.261 e. The molecule has 10 heteroatoms. The molecule has 1 amide bonds. The number of halogens is 2. The quantitative estimate of drug-likeness (QED) is 0.728. The van der Waals surface area contributed by atoms with Gasteiger partial charge in [-0.25, -0.2) is 9.07 Å². The molecule has 0 spiro atoms. The Morgan fingerprint density at radius 1 is 1.34 bits per heavy atom. The molecule has 2 aromatic heterocycles. The molecule has 2 aromatic rings. The van der Waals surface area contributed by atoms with E-state index in [1.165, 1.54) is 16.0 Å². The van der Waals surface area contributed by atoms with E-state index in [1.54, 1.807) is 24.4 Å². The normalized spacial score (nSPS) is 17.7.